The number of benzene rings is 2. The van der Waals surface area contributed by atoms with E-state index in [-0.39, 0.29) is 5.82 Å². The van der Waals surface area contributed by atoms with Gasteiger partial charge in [0.1, 0.15) is 11.7 Å². The van der Waals surface area contributed by atoms with Crippen LogP contribution in [0.3, 0.4) is 0 Å². The zero-order valence-electron chi connectivity index (χ0n) is 12.9. The molecule has 0 aliphatic carbocycles. The average molecular weight is 317 g/mol. The molecule has 22 heavy (non-hydrogen) atoms. The highest BCUT2D eigenvalue weighted by molar-refractivity contribution is 6.33. The van der Waals surface area contributed by atoms with E-state index in [1.54, 1.807) is 17.0 Å². The molecule has 2 nitrogen and oxygen atoms in total. The van der Waals surface area contributed by atoms with E-state index in [2.05, 4.69) is 11.6 Å². The molecule has 0 radical (unpaired) electrons. The van der Waals surface area contributed by atoms with Gasteiger partial charge >= 0.3 is 0 Å². The third-order valence-corrected chi connectivity index (χ3v) is 3.54. The number of hydrogen-bond donors (Lipinski definition) is 0. The summed E-state index contributed by atoms with van der Waals surface area (Å²) < 4.78 is 13.4. The molecule has 3 rings (SSSR count). The zero-order chi connectivity index (χ0) is 16.3. The molecule has 2 aromatic carbocycles. The van der Waals surface area contributed by atoms with Gasteiger partial charge in [-0.1, -0.05) is 44.2 Å². The van der Waals surface area contributed by atoms with Gasteiger partial charge in [-0.25, -0.2) is 9.38 Å². The molecule has 0 aromatic heterocycles. The lowest BCUT2D eigenvalue weighted by Gasteiger charge is -2.31. The van der Waals surface area contributed by atoms with E-state index in [1.165, 1.54) is 12.1 Å². The first kappa shape index (κ1) is 16.2. The molecule has 0 fully saturated rings. The van der Waals surface area contributed by atoms with Gasteiger partial charge in [0.2, 0.25) is 0 Å². The van der Waals surface area contributed by atoms with E-state index in [9.17, 15) is 4.39 Å². The minimum Gasteiger partial charge on any atom is -0.298 e. The van der Waals surface area contributed by atoms with E-state index < -0.39 is 0 Å². The molecule has 0 spiro atoms. The van der Waals surface area contributed by atoms with E-state index in [0.29, 0.717) is 16.4 Å². The molecule has 0 saturated carbocycles. The van der Waals surface area contributed by atoms with Gasteiger partial charge in [-0.05, 0) is 37.3 Å². The summed E-state index contributed by atoms with van der Waals surface area (Å²) in [6.07, 6.45) is 0. The summed E-state index contributed by atoms with van der Waals surface area (Å²) in [5.41, 5.74) is 2.95. The Kier molecular flexibility index (Phi) is 4.99. The molecule has 0 saturated heterocycles. The maximum Gasteiger partial charge on any atom is 0.125 e. The standard InChI is InChI=1S/C16H12ClFN2.C2H6/c1-10-16-14(17)7-4-8-15(16)19-11(2)20(10)13-6-3-5-12(18)9-13;1-2/h3-9H,1H2,2H3;1-2H3. The molecule has 4 heteroatoms. The topological polar surface area (TPSA) is 15.6 Å². The lowest BCUT2D eigenvalue weighted by molar-refractivity contribution is 0.628. The number of aliphatic imine (C=N–C) groups is 1. The SMILES string of the molecule is C=C1c2c(Cl)cccc2N=C(C)N1c1cccc(F)c1.CC. The van der Waals surface area contributed by atoms with Crippen LogP contribution in [-0.2, 0) is 0 Å². The van der Waals surface area contributed by atoms with Crippen molar-refractivity contribution >= 4 is 34.5 Å². The number of anilines is 1. The van der Waals surface area contributed by atoms with E-state index in [1.807, 2.05) is 39.0 Å². The average Bonchev–Trinajstić information content (AvgIpc) is 2.49. The van der Waals surface area contributed by atoms with Crippen LogP contribution in [0.4, 0.5) is 15.8 Å². The van der Waals surface area contributed by atoms with Crippen molar-refractivity contribution in [1.29, 1.82) is 0 Å². The minimum absolute atomic E-state index is 0.298. The third kappa shape index (κ3) is 2.90. The van der Waals surface area contributed by atoms with Crippen LogP contribution in [0.15, 0.2) is 54.0 Å². The smallest absolute Gasteiger partial charge is 0.125 e. The number of nitrogens with zero attached hydrogens (tertiary/aromatic N) is 2. The molecular weight excluding hydrogens is 299 g/mol. The monoisotopic (exact) mass is 316 g/mol. The molecule has 1 aliphatic heterocycles. The molecule has 0 bridgehead atoms. The molecule has 2 aromatic rings. The van der Waals surface area contributed by atoms with Crippen molar-refractivity contribution in [3.63, 3.8) is 0 Å². The van der Waals surface area contributed by atoms with Gasteiger partial charge in [0.05, 0.1) is 22.1 Å². The molecule has 0 N–H and O–H groups in total. The minimum atomic E-state index is -0.298. The van der Waals surface area contributed by atoms with Crippen molar-refractivity contribution in [2.75, 3.05) is 4.90 Å². The Morgan fingerprint density at radius 3 is 2.50 bits per heavy atom. The summed E-state index contributed by atoms with van der Waals surface area (Å²) in [7, 11) is 0. The summed E-state index contributed by atoms with van der Waals surface area (Å²) >= 11 is 6.24. The van der Waals surface area contributed by atoms with E-state index in [4.69, 9.17) is 11.6 Å². The fourth-order valence-corrected chi connectivity index (χ4v) is 2.66. The van der Waals surface area contributed by atoms with Gasteiger partial charge < -0.3 is 0 Å². The number of halogens is 2. The Balaban J connectivity index is 0.000000847. The van der Waals surface area contributed by atoms with Crippen LogP contribution in [0.5, 0.6) is 0 Å². The lowest BCUT2D eigenvalue weighted by atomic mass is 10.1. The Morgan fingerprint density at radius 2 is 1.82 bits per heavy atom. The third-order valence-electron chi connectivity index (χ3n) is 3.22. The molecular formula is C18H18ClFN2. The van der Waals surface area contributed by atoms with Crippen LogP contribution in [0.25, 0.3) is 5.70 Å². The number of hydrogen-bond acceptors (Lipinski definition) is 2. The fourth-order valence-electron chi connectivity index (χ4n) is 2.38. The zero-order valence-corrected chi connectivity index (χ0v) is 13.7. The van der Waals surface area contributed by atoms with E-state index in [0.717, 1.165) is 17.1 Å². The van der Waals surface area contributed by atoms with Gasteiger partial charge in [-0.15, -0.1) is 0 Å². The number of rotatable bonds is 1. The van der Waals surface area contributed by atoms with Crippen LogP contribution >= 0.6 is 11.6 Å². The highest BCUT2D eigenvalue weighted by Gasteiger charge is 2.24. The Morgan fingerprint density at radius 1 is 1.14 bits per heavy atom. The lowest BCUT2D eigenvalue weighted by Crippen LogP contribution is -2.29. The fraction of sp³-hybridized carbons (Fsp3) is 0.167. The van der Waals surface area contributed by atoms with Crippen LogP contribution in [0.1, 0.15) is 26.3 Å². The van der Waals surface area contributed by atoms with Crippen molar-refractivity contribution < 1.29 is 4.39 Å². The summed E-state index contributed by atoms with van der Waals surface area (Å²) in [5.74, 6) is 0.434. The summed E-state index contributed by atoms with van der Waals surface area (Å²) in [6, 6.07) is 11.9. The van der Waals surface area contributed by atoms with Crippen LogP contribution in [-0.4, -0.2) is 5.84 Å². The highest BCUT2D eigenvalue weighted by Crippen LogP contribution is 2.40. The van der Waals surface area contributed by atoms with Crippen molar-refractivity contribution in [3.8, 4) is 0 Å². The largest absolute Gasteiger partial charge is 0.298 e. The second-order valence-corrected chi connectivity index (χ2v) is 4.96. The molecule has 0 amide bonds. The quantitative estimate of drug-likeness (QED) is 0.625. The number of amidine groups is 1. The first-order chi connectivity index (χ1) is 10.6. The van der Waals surface area contributed by atoms with Gasteiger partial charge in [-0.2, -0.15) is 0 Å². The van der Waals surface area contributed by atoms with Gasteiger partial charge in [0.25, 0.3) is 0 Å². The van der Waals surface area contributed by atoms with Crippen LogP contribution < -0.4 is 4.90 Å². The first-order valence-electron chi connectivity index (χ1n) is 7.16. The van der Waals surface area contributed by atoms with Crippen molar-refractivity contribution in [3.05, 3.63) is 65.4 Å². The maximum absolute atomic E-state index is 13.4. The number of fused-ring (bicyclic) bond motifs is 1. The van der Waals surface area contributed by atoms with Crippen LogP contribution in [0, 0.1) is 5.82 Å². The second kappa shape index (κ2) is 6.75. The Hall–Kier alpha value is -2.13. The molecule has 1 heterocycles. The van der Waals surface area contributed by atoms with Gasteiger partial charge in [0, 0.05) is 5.56 Å². The van der Waals surface area contributed by atoms with Crippen molar-refractivity contribution in [2.45, 2.75) is 20.8 Å². The molecule has 0 atom stereocenters. The van der Waals surface area contributed by atoms with E-state index >= 15 is 0 Å². The molecule has 0 unspecified atom stereocenters. The first-order valence-corrected chi connectivity index (χ1v) is 7.54. The molecule has 1 aliphatic rings. The maximum atomic E-state index is 13.4. The highest BCUT2D eigenvalue weighted by atomic mass is 35.5. The normalized spacial score (nSPS) is 13.0. The van der Waals surface area contributed by atoms with Crippen molar-refractivity contribution in [1.82, 2.24) is 0 Å². The van der Waals surface area contributed by atoms with Gasteiger partial charge in [0.15, 0.2) is 0 Å². The van der Waals surface area contributed by atoms with Crippen molar-refractivity contribution in [2.24, 2.45) is 4.99 Å². The molecule has 114 valence electrons. The summed E-state index contributed by atoms with van der Waals surface area (Å²) in [6.45, 7) is 9.95. The Labute approximate surface area is 135 Å². The summed E-state index contributed by atoms with van der Waals surface area (Å²) in [5, 5.41) is 0.588. The summed E-state index contributed by atoms with van der Waals surface area (Å²) in [4.78, 5) is 6.32. The Bertz CT molecular complexity index is 738. The second-order valence-electron chi connectivity index (χ2n) is 4.55. The van der Waals surface area contributed by atoms with Gasteiger partial charge in [-0.3, -0.25) is 4.90 Å². The van der Waals surface area contributed by atoms with Crippen LogP contribution in [0.2, 0.25) is 5.02 Å². The predicted octanol–water partition coefficient (Wildman–Crippen LogP) is 6.05. The predicted molar refractivity (Wildman–Crippen MR) is 93.5 cm³/mol.